The number of hydrogen-bond donors (Lipinski definition) is 0. The monoisotopic (exact) mass is 250 g/mol. The summed E-state index contributed by atoms with van der Waals surface area (Å²) in [6.45, 7) is 0. The van der Waals surface area contributed by atoms with Gasteiger partial charge in [-0.2, -0.15) is 0 Å². The summed E-state index contributed by atoms with van der Waals surface area (Å²) in [7, 11) is 3.96. The Kier molecular flexibility index (Phi) is 2.83. The predicted molar refractivity (Wildman–Crippen MR) is 77.1 cm³/mol. The van der Waals surface area contributed by atoms with E-state index < -0.39 is 0 Å². The van der Waals surface area contributed by atoms with Gasteiger partial charge < -0.3 is 4.90 Å². The van der Waals surface area contributed by atoms with Gasteiger partial charge in [-0.15, -0.1) is 0 Å². The van der Waals surface area contributed by atoms with Gasteiger partial charge in [0, 0.05) is 43.6 Å². The van der Waals surface area contributed by atoms with E-state index in [1.54, 1.807) is 18.6 Å². The first kappa shape index (κ1) is 11.6. The van der Waals surface area contributed by atoms with Crippen molar-refractivity contribution < 1.29 is 0 Å². The van der Waals surface area contributed by atoms with Gasteiger partial charge in [0.1, 0.15) is 5.82 Å². The van der Waals surface area contributed by atoms with Crippen LogP contribution in [0.15, 0.2) is 48.9 Å². The van der Waals surface area contributed by atoms with Gasteiger partial charge in [-0.1, -0.05) is 0 Å². The summed E-state index contributed by atoms with van der Waals surface area (Å²) in [5.41, 5.74) is 2.88. The Hall–Kier alpha value is -2.49. The molecule has 0 bridgehead atoms. The first-order chi connectivity index (χ1) is 9.27. The van der Waals surface area contributed by atoms with Crippen LogP contribution in [0.25, 0.3) is 22.2 Å². The number of rotatable bonds is 2. The average Bonchev–Trinajstić information content (AvgIpc) is 2.46. The number of pyridine rings is 3. The van der Waals surface area contributed by atoms with E-state index in [1.807, 2.05) is 49.3 Å². The first-order valence-corrected chi connectivity index (χ1v) is 6.10. The van der Waals surface area contributed by atoms with E-state index in [4.69, 9.17) is 0 Å². The van der Waals surface area contributed by atoms with Gasteiger partial charge in [-0.25, -0.2) is 4.98 Å². The van der Waals surface area contributed by atoms with E-state index in [9.17, 15) is 0 Å². The summed E-state index contributed by atoms with van der Waals surface area (Å²) in [5, 5.41) is 1.04. The molecule has 0 atom stereocenters. The summed E-state index contributed by atoms with van der Waals surface area (Å²) in [6, 6.07) is 9.86. The van der Waals surface area contributed by atoms with Gasteiger partial charge in [-0.3, -0.25) is 9.97 Å². The lowest BCUT2D eigenvalue weighted by Crippen LogP contribution is -2.12. The summed E-state index contributed by atoms with van der Waals surface area (Å²) in [5.74, 6) is 0.909. The second kappa shape index (κ2) is 4.65. The highest BCUT2D eigenvalue weighted by atomic mass is 15.1. The van der Waals surface area contributed by atoms with Crippen LogP contribution in [0.1, 0.15) is 0 Å². The lowest BCUT2D eigenvalue weighted by atomic mass is 10.1. The fourth-order valence-electron chi connectivity index (χ4n) is 2.16. The van der Waals surface area contributed by atoms with Gasteiger partial charge in [0.25, 0.3) is 0 Å². The molecular weight excluding hydrogens is 236 g/mol. The van der Waals surface area contributed by atoms with E-state index in [0.717, 1.165) is 28.0 Å². The molecule has 0 aliphatic heterocycles. The van der Waals surface area contributed by atoms with Crippen LogP contribution in [-0.4, -0.2) is 29.0 Å². The van der Waals surface area contributed by atoms with Crippen molar-refractivity contribution in [3.05, 3.63) is 48.9 Å². The maximum atomic E-state index is 4.51. The van der Waals surface area contributed by atoms with Crippen LogP contribution < -0.4 is 4.90 Å². The summed E-state index contributed by atoms with van der Waals surface area (Å²) < 4.78 is 0. The maximum absolute atomic E-state index is 4.51. The van der Waals surface area contributed by atoms with E-state index in [0.29, 0.717) is 0 Å². The van der Waals surface area contributed by atoms with Crippen molar-refractivity contribution in [2.24, 2.45) is 0 Å². The zero-order chi connectivity index (χ0) is 13.2. The molecule has 0 unspecified atom stereocenters. The Bertz CT molecular complexity index is 717. The molecule has 3 heterocycles. The van der Waals surface area contributed by atoms with Crippen molar-refractivity contribution >= 4 is 16.7 Å². The van der Waals surface area contributed by atoms with E-state index >= 15 is 0 Å². The predicted octanol–water partition coefficient (Wildman–Crippen LogP) is 2.76. The van der Waals surface area contributed by atoms with Crippen molar-refractivity contribution in [2.45, 2.75) is 0 Å². The van der Waals surface area contributed by atoms with Crippen molar-refractivity contribution in [1.29, 1.82) is 0 Å². The lowest BCUT2D eigenvalue weighted by molar-refractivity contribution is 1.07. The topological polar surface area (TPSA) is 41.9 Å². The molecule has 19 heavy (non-hydrogen) atoms. The molecule has 0 aliphatic carbocycles. The minimum atomic E-state index is 0.909. The molecule has 4 nitrogen and oxygen atoms in total. The van der Waals surface area contributed by atoms with Crippen molar-refractivity contribution in [1.82, 2.24) is 15.0 Å². The van der Waals surface area contributed by atoms with Gasteiger partial charge in [-0.05, 0) is 30.3 Å². The number of nitrogens with zero attached hydrogens (tertiary/aromatic N) is 4. The van der Waals surface area contributed by atoms with E-state index in [1.165, 1.54) is 0 Å². The highest BCUT2D eigenvalue weighted by Crippen LogP contribution is 2.30. The normalized spacial score (nSPS) is 10.6. The zero-order valence-electron chi connectivity index (χ0n) is 10.9. The minimum absolute atomic E-state index is 0.909. The van der Waals surface area contributed by atoms with E-state index in [-0.39, 0.29) is 0 Å². The third-order valence-electron chi connectivity index (χ3n) is 3.00. The highest BCUT2D eigenvalue weighted by molar-refractivity contribution is 5.94. The number of hydrogen-bond acceptors (Lipinski definition) is 4. The minimum Gasteiger partial charge on any atom is -0.362 e. The molecule has 0 fully saturated rings. The number of anilines is 1. The molecule has 0 saturated carbocycles. The van der Waals surface area contributed by atoms with Gasteiger partial charge >= 0.3 is 0 Å². The smallest absolute Gasteiger partial charge is 0.137 e. The Balaban J connectivity index is 2.31. The zero-order valence-corrected chi connectivity index (χ0v) is 10.9. The summed E-state index contributed by atoms with van der Waals surface area (Å²) >= 11 is 0. The molecule has 0 aliphatic rings. The van der Waals surface area contributed by atoms with Crippen LogP contribution in [0.3, 0.4) is 0 Å². The third-order valence-corrected chi connectivity index (χ3v) is 3.00. The molecule has 94 valence electrons. The second-order valence-corrected chi connectivity index (χ2v) is 4.50. The van der Waals surface area contributed by atoms with Gasteiger partial charge in [0.15, 0.2) is 0 Å². The summed E-state index contributed by atoms with van der Waals surface area (Å²) in [4.78, 5) is 15.3. The third kappa shape index (κ3) is 2.01. The quantitative estimate of drug-likeness (QED) is 0.701. The Morgan fingerprint density at radius 3 is 2.47 bits per heavy atom. The Morgan fingerprint density at radius 1 is 0.842 bits per heavy atom. The molecule has 0 amide bonds. The van der Waals surface area contributed by atoms with Crippen molar-refractivity contribution in [3.63, 3.8) is 0 Å². The van der Waals surface area contributed by atoms with Crippen LogP contribution in [0, 0.1) is 0 Å². The fraction of sp³-hybridized carbons (Fsp3) is 0.133. The van der Waals surface area contributed by atoms with Crippen molar-refractivity contribution in [3.8, 4) is 11.3 Å². The SMILES string of the molecule is CN(C)c1ncccc1-c1nccc2ncccc12. The van der Waals surface area contributed by atoms with Gasteiger partial charge in [0.2, 0.25) is 0 Å². The average molecular weight is 250 g/mol. The highest BCUT2D eigenvalue weighted by Gasteiger charge is 2.12. The molecule has 4 heteroatoms. The van der Waals surface area contributed by atoms with E-state index in [2.05, 4.69) is 15.0 Å². The fourth-order valence-corrected chi connectivity index (χ4v) is 2.16. The standard InChI is InChI=1S/C15H14N4/c1-19(2)15-12(6-4-9-18-15)14-11-5-3-8-16-13(11)7-10-17-14/h3-10H,1-2H3. The van der Waals surface area contributed by atoms with Crippen LogP contribution in [0.2, 0.25) is 0 Å². The molecule has 0 aromatic carbocycles. The van der Waals surface area contributed by atoms with Crippen LogP contribution in [0.5, 0.6) is 0 Å². The molecule has 3 aromatic heterocycles. The largest absolute Gasteiger partial charge is 0.362 e. The maximum Gasteiger partial charge on any atom is 0.137 e. The Morgan fingerprint density at radius 2 is 1.63 bits per heavy atom. The van der Waals surface area contributed by atoms with Gasteiger partial charge in [0.05, 0.1) is 11.2 Å². The second-order valence-electron chi connectivity index (χ2n) is 4.50. The molecule has 3 rings (SSSR count). The number of aromatic nitrogens is 3. The molecule has 0 spiro atoms. The molecule has 3 aromatic rings. The van der Waals surface area contributed by atoms with Crippen LogP contribution in [-0.2, 0) is 0 Å². The Labute approximate surface area is 111 Å². The summed E-state index contributed by atoms with van der Waals surface area (Å²) in [6.07, 6.45) is 5.38. The molecule has 0 radical (unpaired) electrons. The van der Waals surface area contributed by atoms with Crippen LogP contribution in [0.4, 0.5) is 5.82 Å². The molecular formula is C15H14N4. The van der Waals surface area contributed by atoms with Crippen molar-refractivity contribution in [2.75, 3.05) is 19.0 Å². The molecule has 0 N–H and O–H groups in total. The first-order valence-electron chi connectivity index (χ1n) is 6.10. The lowest BCUT2D eigenvalue weighted by Gasteiger charge is -2.16. The van der Waals surface area contributed by atoms with Crippen LogP contribution >= 0.6 is 0 Å². The number of fused-ring (bicyclic) bond motifs is 1. The molecule has 0 saturated heterocycles.